The molecule has 29 heavy (non-hydrogen) atoms. The van der Waals surface area contributed by atoms with E-state index in [0.29, 0.717) is 12.8 Å². The van der Waals surface area contributed by atoms with Crippen LogP contribution in [0.4, 0.5) is 0 Å². The van der Waals surface area contributed by atoms with Crippen molar-refractivity contribution in [1.29, 1.82) is 0 Å². The number of carbonyl (C=O) groups is 2. The van der Waals surface area contributed by atoms with Crippen LogP contribution < -0.4 is 0 Å². The van der Waals surface area contributed by atoms with E-state index in [1.54, 1.807) is 12.2 Å². The van der Waals surface area contributed by atoms with Crippen LogP contribution in [0, 0.1) is 11.8 Å². The summed E-state index contributed by atoms with van der Waals surface area (Å²) in [5.74, 6) is -2.12. The summed E-state index contributed by atoms with van der Waals surface area (Å²) in [6, 6.07) is 0. The molecule has 0 radical (unpaired) electrons. The topological polar surface area (TPSA) is 104 Å². The Kier molecular flexibility index (Phi) is 12.0. The van der Waals surface area contributed by atoms with Crippen molar-refractivity contribution in [2.45, 2.75) is 96.6 Å². The molecule has 0 aromatic heterocycles. The predicted molar refractivity (Wildman–Crippen MR) is 112 cm³/mol. The molecule has 0 saturated heterocycles. The maximum absolute atomic E-state index is 12.8. The van der Waals surface area contributed by atoms with Crippen molar-refractivity contribution in [1.82, 2.24) is 0 Å². The molecule has 0 bridgehead atoms. The van der Waals surface area contributed by atoms with Crippen LogP contribution in [0.3, 0.4) is 0 Å². The second-order valence-corrected chi connectivity index (χ2v) is 7.93. The number of hydrogen-bond acceptors (Lipinski definition) is 6. The molecule has 0 aromatic carbocycles. The molecule has 0 unspecified atom stereocenters. The number of aliphatic hydroxyl groups excluding tert-OH is 3. The van der Waals surface area contributed by atoms with Crippen molar-refractivity contribution >= 4 is 11.8 Å². The van der Waals surface area contributed by atoms with Crippen LogP contribution in [0.15, 0.2) is 24.3 Å². The zero-order valence-corrected chi connectivity index (χ0v) is 18.0. The second kappa shape index (κ2) is 13.7. The summed E-state index contributed by atoms with van der Waals surface area (Å²) < 4.78 is 5.31. The van der Waals surface area contributed by atoms with Crippen LogP contribution in [0.1, 0.15) is 72.1 Å². The van der Waals surface area contributed by atoms with E-state index in [4.69, 9.17) is 4.74 Å². The van der Waals surface area contributed by atoms with Gasteiger partial charge in [-0.3, -0.25) is 9.59 Å². The molecule has 0 aliphatic heterocycles. The van der Waals surface area contributed by atoms with E-state index < -0.39 is 42.2 Å². The van der Waals surface area contributed by atoms with E-state index in [-0.39, 0.29) is 18.6 Å². The lowest BCUT2D eigenvalue weighted by molar-refractivity contribution is -0.159. The molecule has 3 N–H and O–H groups in total. The average molecular weight is 411 g/mol. The molecule has 6 atom stereocenters. The van der Waals surface area contributed by atoms with Crippen LogP contribution in [-0.4, -0.2) is 51.5 Å². The van der Waals surface area contributed by atoms with Crippen molar-refractivity contribution < 1.29 is 29.6 Å². The molecule has 1 fully saturated rings. The molecule has 1 rings (SSSR count). The summed E-state index contributed by atoms with van der Waals surface area (Å²) in [5.41, 5.74) is 0. The van der Waals surface area contributed by atoms with Gasteiger partial charge in [-0.05, 0) is 26.2 Å². The first-order valence-electron chi connectivity index (χ1n) is 10.8. The van der Waals surface area contributed by atoms with Gasteiger partial charge < -0.3 is 20.1 Å². The molecule has 1 saturated carbocycles. The van der Waals surface area contributed by atoms with Crippen LogP contribution in [0.5, 0.6) is 0 Å². The zero-order chi connectivity index (χ0) is 21.8. The lowest BCUT2D eigenvalue weighted by atomic mass is 9.84. The molecule has 0 aromatic rings. The van der Waals surface area contributed by atoms with Crippen LogP contribution >= 0.6 is 0 Å². The van der Waals surface area contributed by atoms with Gasteiger partial charge in [0.15, 0.2) is 11.9 Å². The SMILES string of the molecule is CC=CCCCC(=O)[C@@H](OC(C)=O)[C@@H]1[C@@H](C=C[C@@H](O)CCCCC)[C@H](O)C[C@@H]1O. The number of unbranched alkanes of at least 4 members (excludes halogenated alkanes) is 3. The first-order chi connectivity index (χ1) is 13.8. The maximum atomic E-state index is 12.8. The monoisotopic (exact) mass is 410 g/mol. The third-order valence-corrected chi connectivity index (χ3v) is 5.46. The van der Waals surface area contributed by atoms with Gasteiger partial charge in [0, 0.05) is 31.6 Å². The predicted octanol–water partition coefficient (Wildman–Crippen LogP) is 3.09. The van der Waals surface area contributed by atoms with Crippen LogP contribution in [-0.2, 0) is 14.3 Å². The van der Waals surface area contributed by atoms with Gasteiger partial charge >= 0.3 is 5.97 Å². The van der Waals surface area contributed by atoms with Gasteiger partial charge in [-0.25, -0.2) is 0 Å². The van der Waals surface area contributed by atoms with Gasteiger partial charge in [-0.1, -0.05) is 50.5 Å². The fourth-order valence-corrected chi connectivity index (χ4v) is 3.93. The normalized spacial score (nSPS) is 26.8. The molecule has 0 amide bonds. The fraction of sp³-hybridized carbons (Fsp3) is 0.739. The average Bonchev–Trinajstić information content (AvgIpc) is 2.94. The number of hydrogen-bond donors (Lipinski definition) is 3. The Morgan fingerprint density at radius 1 is 1.17 bits per heavy atom. The highest BCUT2D eigenvalue weighted by molar-refractivity contribution is 5.85. The Labute approximate surface area is 174 Å². The molecular weight excluding hydrogens is 372 g/mol. The van der Waals surface area contributed by atoms with E-state index in [0.717, 1.165) is 25.7 Å². The molecule has 1 aliphatic carbocycles. The number of carbonyl (C=O) groups excluding carboxylic acids is 2. The summed E-state index contributed by atoms with van der Waals surface area (Å²) in [6.07, 6.45) is 8.96. The Morgan fingerprint density at radius 2 is 1.90 bits per heavy atom. The third kappa shape index (κ3) is 8.81. The van der Waals surface area contributed by atoms with E-state index in [2.05, 4.69) is 6.92 Å². The Balaban J connectivity index is 2.91. The smallest absolute Gasteiger partial charge is 0.303 e. The second-order valence-electron chi connectivity index (χ2n) is 7.93. The molecule has 166 valence electrons. The van der Waals surface area contributed by atoms with E-state index >= 15 is 0 Å². The fourth-order valence-electron chi connectivity index (χ4n) is 3.93. The Hall–Kier alpha value is -1.50. The van der Waals surface area contributed by atoms with Gasteiger partial charge in [0.25, 0.3) is 0 Å². The number of allylic oxidation sites excluding steroid dienone is 2. The van der Waals surface area contributed by atoms with Crippen molar-refractivity contribution in [3.05, 3.63) is 24.3 Å². The van der Waals surface area contributed by atoms with Crippen LogP contribution in [0.25, 0.3) is 0 Å². The summed E-state index contributed by atoms with van der Waals surface area (Å²) >= 11 is 0. The quantitative estimate of drug-likeness (QED) is 0.245. The summed E-state index contributed by atoms with van der Waals surface area (Å²) in [6.45, 7) is 5.24. The van der Waals surface area contributed by atoms with E-state index in [1.807, 2.05) is 19.1 Å². The minimum absolute atomic E-state index is 0.106. The highest BCUT2D eigenvalue weighted by Gasteiger charge is 2.48. The minimum atomic E-state index is -1.10. The minimum Gasteiger partial charge on any atom is -0.454 e. The molecule has 1 aliphatic rings. The molecule has 6 nitrogen and oxygen atoms in total. The summed E-state index contributed by atoms with van der Waals surface area (Å²) in [5, 5.41) is 31.1. The lowest BCUT2D eigenvalue weighted by Gasteiger charge is -2.28. The van der Waals surface area contributed by atoms with E-state index in [1.165, 1.54) is 6.92 Å². The van der Waals surface area contributed by atoms with Gasteiger partial charge in [0.2, 0.25) is 0 Å². The van der Waals surface area contributed by atoms with Gasteiger partial charge in [-0.15, -0.1) is 0 Å². The first-order valence-corrected chi connectivity index (χ1v) is 10.8. The van der Waals surface area contributed by atoms with Crippen molar-refractivity contribution in [2.75, 3.05) is 0 Å². The third-order valence-electron chi connectivity index (χ3n) is 5.46. The first kappa shape index (κ1) is 25.5. The maximum Gasteiger partial charge on any atom is 0.303 e. The lowest BCUT2D eigenvalue weighted by Crippen LogP contribution is -2.41. The number of esters is 1. The highest BCUT2D eigenvalue weighted by atomic mass is 16.5. The van der Waals surface area contributed by atoms with E-state index in [9.17, 15) is 24.9 Å². The number of Topliss-reactive ketones (excluding diaryl/α,β-unsaturated/α-hetero) is 1. The van der Waals surface area contributed by atoms with Crippen molar-refractivity contribution in [2.24, 2.45) is 11.8 Å². The zero-order valence-electron chi connectivity index (χ0n) is 18.0. The molecule has 0 heterocycles. The summed E-state index contributed by atoms with van der Waals surface area (Å²) in [7, 11) is 0. The molecular formula is C23H38O6. The number of ether oxygens (including phenoxy) is 1. The van der Waals surface area contributed by atoms with Crippen LogP contribution in [0.2, 0.25) is 0 Å². The summed E-state index contributed by atoms with van der Waals surface area (Å²) in [4.78, 5) is 24.4. The Bertz CT molecular complexity index is 556. The standard InChI is InChI=1S/C23H38O6/c1-4-6-8-10-12-19(26)23(29-16(3)24)22-18(20(27)15-21(22)28)14-13-17(25)11-9-7-5-2/h4,6,13-14,17-18,20-23,25,27-28H,5,7-12,15H2,1-3H3/t17-,18-,20+,21-,22+,23+/m0/s1. The van der Waals surface area contributed by atoms with Crippen molar-refractivity contribution in [3.8, 4) is 0 Å². The van der Waals surface area contributed by atoms with Gasteiger partial charge in [-0.2, -0.15) is 0 Å². The Morgan fingerprint density at radius 3 is 2.52 bits per heavy atom. The number of ketones is 1. The van der Waals surface area contributed by atoms with Gasteiger partial charge in [0.1, 0.15) is 0 Å². The number of rotatable bonds is 13. The highest BCUT2D eigenvalue weighted by Crippen LogP contribution is 2.38. The number of aliphatic hydroxyl groups is 3. The largest absolute Gasteiger partial charge is 0.454 e. The van der Waals surface area contributed by atoms with Crippen molar-refractivity contribution in [3.63, 3.8) is 0 Å². The molecule has 0 spiro atoms. The van der Waals surface area contributed by atoms with Gasteiger partial charge in [0.05, 0.1) is 18.3 Å². The molecule has 6 heteroatoms.